The molecule has 0 fully saturated rings. The molecule has 2 nitrogen and oxygen atoms in total. The molecule has 0 aliphatic rings. The van der Waals surface area contributed by atoms with Crippen molar-refractivity contribution in [2.75, 3.05) is 0 Å². The fourth-order valence-electron chi connectivity index (χ4n) is 2.37. The van der Waals surface area contributed by atoms with Gasteiger partial charge in [0.15, 0.2) is 0 Å². The topological polar surface area (TPSA) is 21.6 Å². The van der Waals surface area contributed by atoms with E-state index in [-0.39, 0.29) is 0 Å². The molecule has 3 aromatic carbocycles. The van der Waals surface area contributed by atoms with Crippen molar-refractivity contribution in [2.45, 2.75) is 13.5 Å². The van der Waals surface area contributed by atoms with Gasteiger partial charge < -0.3 is 4.74 Å². The maximum Gasteiger partial charge on any atom is 0.134 e. The van der Waals surface area contributed by atoms with Crippen LogP contribution in [0.25, 0.3) is 0 Å². The van der Waals surface area contributed by atoms with Crippen LogP contribution in [0.2, 0.25) is 10.0 Å². The van der Waals surface area contributed by atoms with Gasteiger partial charge in [-0.3, -0.25) is 4.99 Å². The van der Waals surface area contributed by atoms with Crippen LogP contribution in [0.4, 0.5) is 5.69 Å². The van der Waals surface area contributed by atoms with Crippen molar-refractivity contribution in [1.82, 2.24) is 0 Å². The Morgan fingerprint density at radius 1 is 1.00 bits per heavy atom. The molecule has 3 aromatic rings. The maximum atomic E-state index is 6.03. The highest BCUT2D eigenvalue weighted by Gasteiger charge is 2.04. The molecule has 26 heavy (non-hydrogen) atoms. The highest BCUT2D eigenvalue weighted by atomic mass is 79.9. The summed E-state index contributed by atoms with van der Waals surface area (Å²) in [4.78, 5) is 4.53. The average molecular weight is 449 g/mol. The Kier molecular flexibility index (Phi) is 6.36. The fourth-order valence-corrected chi connectivity index (χ4v) is 3.26. The normalized spacial score (nSPS) is 11.1. The minimum atomic E-state index is 0.453. The first-order chi connectivity index (χ1) is 12.5. The van der Waals surface area contributed by atoms with Crippen molar-refractivity contribution in [3.63, 3.8) is 0 Å². The predicted molar refractivity (Wildman–Crippen MR) is 113 cm³/mol. The minimum absolute atomic E-state index is 0.453. The van der Waals surface area contributed by atoms with E-state index in [1.165, 1.54) is 0 Å². The molecule has 0 saturated carbocycles. The predicted octanol–water partition coefficient (Wildman–Crippen LogP) is 7.39. The van der Waals surface area contributed by atoms with Gasteiger partial charge in [0.25, 0.3) is 0 Å². The highest BCUT2D eigenvalue weighted by molar-refractivity contribution is 9.10. The van der Waals surface area contributed by atoms with Crippen molar-refractivity contribution in [3.8, 4) is 5.75 Å². The standard InChI is InChI=1S/C21H16BrCl2NO/c1-14-5-7-18(24)11-20(14)25-12-15-6-8-21(19(22)10-15)26-13-16-3-2-4-17(23)9-16/h2-12H,13H2,1H3. The summed E-state index contributed by atoms with van der Waals surface area (Å²) in [5, 5.41) is 1.38. The Labute approximate surface area is 171 Å². The summed E-state index contributed by atoms with van der Waals surface area (Å²) < 4.78 is 6.73. The number of nitrogens with zero attached hydrogens (tertiary/aromatic N) is 1. The van der Waals surface area contributed by atoms with Crippen LogP contribution in [-0.2, 0) is 6.61 Å². The number of halogens is 3. The minimum Gasteiger partial charge on any atom is -0.488 e. The molecule has 5 heteroatoms. The second-order valence-corrected chi connectivity index (χ2v) is 7.52. The molecule has 0 radical (unpaired) electrons. The molecule has 3 rings (SSSR count). The highest BCUT2D eigenvalue weighted by Crippen LogP contribution is 2.27. The Balaban J connectivity index is 1.71. The van der Waals surface area contributed by atoms with Gasteiger partial charge in [0.05, 0.1) is 10.2 Å². The average Bonchev–Trinajstić information content (AvgIpc) is 2.62. The van der Waals surface area contributed by atoms with Crippen LogP contribution in [-0.4, -0.2) is 6.21 Å². The first kappa shape index (κ1) is 19.0. The number of rotatable bonds is 5. The third-order valence-electron chi connectivity index (χ3n) is 3.76. The van der Waals surface area contributed by atoms with Crippen molar-refractivity contribution >= 4 is 51.0 Å². The summed E-state index contributed by atoms with van der Waals surface area (Å²) in [6.45, 7) is 2.46. The Bertz CT molecular complexity index is 956. The first-order valence-electron chi connectivity index (χ1n) is 7.98. The van der Waals surface area contributed by atoms with Crippen LogP contribution in [0.1, 0.15) is 16.7 Å². The summed E-state index contributed by atoms with van der Waals surface area (Å²) in [5.74, 6) is 0.765. The van der Waals surface area contributed by atoms with Crippen LogP contribution in [0.15, 0.2) is 70.1 Å². The van der Waals surface area contributed by atoms with Crippen LogP contribution >= 0.6 is 39.1 Å². The molecule has 132 valence electrons. The van der Waals surface area contributed by atoms with Crippen LogP contribution < -0.4 is 4.74 Å². The molecule has 0 bridgehead atoms. The molecule has 0 unspecified atom stereocenters. The third-order valence-corrected chi connectivity index (χ3v) is 4.85. The third kappa shape index (κ3) is 5.10. The molecule has 0 amide bonds. The van der Waals surface area contributed by atoms with Gasteiger partial charge >= 0.3 is 0 Å². The van der Waals surface area contributed by atoms with Gasteiger partial charge in [-0.15, -0.1) is 0 Å². The molecule has 0 aromatic heterocycles. The van der Waals surface area contributed by atoms with E-state index in [2.05, 4.69) is 20.9 Å². The van der Waals surface area contributed by atoms with Gasteiger partial charge in [-0.25, -0.2) is 0 Å². The van der Waals surface area contributed by atoms with E-state index >= 15 is 0 Å². The number of hydrogen-bond donors (Lipinski definition) is 0. The fraction of sp³-hybridized carbons (Fsp3) is 0.0952. The van der Waals surface area contributed by atoms with E-state index in [1.807, 2.05) is 73.8 Å². The zero-order valence-electron chi connectivity index (χ0n) is 14.0. The van der Waals surface area contributed by atoms with Gasteiger partial charge in [-0.05, 0) is 82.0 Å². The van der Waals surface area contributed by atoms with E-state index in [1.54, 1.807) is 0 Å². The second kappa shape index (κ2) is 8.72. The van der Waals surface area contributed by atoms with E-state index < -0.39 is 0 Å². The number of hydrogen-bond acceptors (Lipinski definition) is 2. The van der Waals surface area contributed by atoms with Gasteiger partial charge in [0.2, 0.25) is 0 Å². The van der Waals surface area contributed by atoms with E-state index in [0.717, 1.165) is 32.6 Å². The molecule has 0 heterocycles. The monoisotopic (exact) mass is 447 g/mol. The van der Waals surface area contributed by atoms with Crippen molar-refractivity contribution < 1.29 is 4.74 Å². The Morgan fingerprint density at radius 2 is 1.81 bits per heavy atom. The summed E-state index contributed by atoms with van der Waals surface area (Å²) in [5.41, 5.74) is 3.92. The molecule has 0 N–H and O–H groups in total. The summed E-state index contributed by atoms with van der Waals surface area (Å²) in [6, 6.07) is 19.1. The molecular formula is C21H16BrCl2NO. The smallest absolute Gasteiger partial charge is 0.134 e. The van der Waals surface area contributed by atoms with Crippen molar-refractivity contribution in [3.05, 3.63) is 91.9 Å². The van der Waals surface area contributed by atoms with Crippen molar-refractivity contribution in [1.29, 1.82) is 0 Å². The number of aryl methyl sites for hydroxylation is 1. The lowest BCUT2D eigenvalue weighted by molar-refractivity contribution is 0.304. The second-order valence-electron chi connectivity index (χ2n) is 5.80. The maximum absolute atomic E-state index is 6.03. The number of ether oxygens (including phenoxy) is 1. The van der Waals surface area contributed by atoms with Gasteiger partial charge in [-0.1, -0.05) is 41.4 Å². The zero-order chi connectivity index (χ0) is 18.5. The van der Waals surface area contributed by atoms with E-state index in [4.69, 9.17) is 27.9 Å². The van der Waals surface area contributed by atoms with Crippen LogP contribution in [0.5, 0.6) is 5.75 Å². The lowest BCUT2D eigenvalue weighted by Gasteiger charge is -2.09. The van der Waals surface area contributed by atoms with Crippen LogP contribution in [0.3, 0.4) is 0 Å². The van der Waals surface area contributed by atoms with Crippen LogP contribution in [0, 0.1) is 6.92 Å². The largest absolute Gasteiger partial charge is 0.488 e. The van der Waals surface area contributed by atoms with E-state index in [9.17, 15) is 0 Å². The Morgan fingerprint density at radius 3 is 2.58 bits per heavy atom. The van der Waals surface area contributed by atoms with Gasteiger partial charge in [0.1, 0.15) is 12.4 Å². The van der Waals surface area contributed by atoms with Crippen molar-refractivity contribution in [2.24, 2.45) is 4.99 Å². The SMILES string of the molecule is Cc1ccc(Cl)cc1N=Cc1ccc(OCc2cccc(Cl)c2)c(Br)c1. The van der Waals surface area contributed by atoms with Gasteiger partial charge in [0, 0.05) is 16.3 Å². The molecule has 0 aliphatic heterocycles. The number of aliphatic imine (C=N–C) groups is 1. The lowest BCUT2D eigenvalue weighted by atomic mass is 10.2. The quantitative estimate of drug-likeness (QED) is 0.372. The molecule has 0 aliphatic carbocycles. The number of benzene rings is 3. The molecule has 0 spiro atoms. The molecule has 0 saturated heterocycles. The lowest BCUT2D eigenvalue weighted by Crippen LogP contribution is -1.96. The summed E-state index contributed by atoms with van der Waals surface area (Å²) in [7, 11) is 0. The first-order valence-corrected chi connectivity index (χ1v) is 9.53. The molecular weight excluding hydrogens is 433 g/mol. The van der Waals surface area contributed by atoms with Gasteiger partial charge in [-0.2, -0.15) is 0 Å². The summed E-state index contributed by atoms with van der Waals surface area (Å²) in [6.07, 6.45) is 1.81. The van der Waals surface area contributed by atoms with E-state index in [0.29, 0.717) is 16.7 Å². The summed E-state index contributed by atoms with van der Waals surface area (Å²) >= 11 is 15.6. The molecule has 0 atom stereocenters. The zero-order valence-corrected chi connectivity index (χ0v) is 17.1. The Hall–Kier alpha value is -1.81.